The van der Waals surface area contributed by atoms with Gasteiger partial charge in [0.15, 0.2) is 0 Å². The van der Waals surface area contributed by atoms with Crippen LogP contribution in [-0.2, 0) is 0 Å². The molecule has 1 heterocycles. The maximum Gasteiger partial charge on any atom is 0.269 e. The van der Waals surface area contributed by atoms with Crippen molar-refractivity contribution in [3.05, 3.63) is 51.9 Å². The van der Waals surface area contributed by atoms with E-state index in [1.165, 1.54) is 12.1 Å². The lowest BCUT2D eigenvalue weighted by atomic mass is 10.2. The molecule has 6 nitrogen and oxygen atoms in total. The number of nitro groups is 1. The summed E-state index contributed by atoms with van der Waals surface area (Å²) in [5, 5.41) is 10.9. The highest BCUT2D eigenvalue weighted by molar-refractivity contribution is 6.28. The fourth-order valence-corrected chi connectivity index (χ4v) is 2.20. The van der Waals surface area contributed by atoms with E-state index in [9.17, 15) is 10.1 Å². The van der Waals surface area contributed by atoms with Gasteiger partial charge in [0.25, 0.3) is 5.69 Å². The predicted molar refractivity (Wildman–Crippen MR) is 75.3 cm³/mol. The molecule has 1 saturated carbocycles. The first kappa shape index (κ1) is 12.8. The van der Waals surface area contributed by atoms with E-state index in [1.807, 2.05) is 4.90 Å². The molecule has 0 spiro atoms. The molecule has 3 rings (SSSR count). The van der Waals surface area contributed by atoms with Crippen LogP contribution in [0.4, 0.5) is 17.2 Å². The van der Waals surface area contributed by atoms with Crippen LogP contribution < -0.4 is 4.90 Å². The van der Waals surface area contributed by atoms with Gasteiger partial charge in [-0.2, -0.15) is 0 Å². The number of aromatic nitrogens is 2. The fourth-order valence-electron chi connectivity index (χ4n) is 2.06. The normalized spacial score (nSPS) is 14.1. The van der Waals surface area contributed by atoms with E-state index in [2.05, 4.69) is 9.97 Å². The molecule has 2 aromatic rings. The van der Waals surface area contributed by atoms with Crippen molar-refractivity contribution >= 4 is 28.8 Å². The van der Waals surface area contributed by atoms with Crippen LogP contribution in [0.5, 0.6) is 0 Å². The van der Waals surface area contributed by atoms with Crippen molar-refractivity contribution in [1.29, 1.82) is 0 Å². The van der Waals surface area contributed by atoms with Crippen molar-refractivity contribution in [3.63, 3.8) is 0 Å². The summed E-state index contributed by atoms with van der Waals surface area (Å²) in [6.45, 7) is 0. The lowest BCUT2D eigenvalue weighted by molar-refractivity contribution is -0.384. The van der Waals surface area contributed by atoms with Crippen molar-refractivity contribution in [2.75, 3.05) is 4.90 Å². The maximum absolute atomic E-state index is 10.7. The van der Waals surface area contributed by atoms with Gasteiger partial charge in [-0.25, -0.2) is 9.97 Å². The average Bonchev–Trinajstić information content (AvgIpc) is 3.24. The van der Waals surface area contributed by atoms with E-state index < -0.39 is 4.92 Å². The third-order valence-electron chi connectivity index (χ3n) is 3.11. The molecule has 0 bridgehead atoms. The largest absolute Gasteiger partial charge is 0.323 e. The molecule has 0 amide bonds. The Bertz CT molecular complexity index is 643. The third-order valence-corrected chi connectivity index (χ3v) is 3.29. The van der Waals surface area contributed by atoms with Gasteiger partial charge in [0, 0.05) is 30.1 Å². The van der Waals surface area contributed by atoms with Crippen LogP contribution in [0.25, 0.3) is 0 Å². The summed E-state index contributed by atoms with van der Waals surface area (Å²) in [7, 11) is 0. The zero-order chi connectivity index (χ0) is 14.1. The van der Waals surface area contributed by atoms with Crippen LogP contribution >= 0.6 is 11.6 Å². The van der Waals surface area contributed by atoms with Gasteiger partial charge in [-0.05, 0) is 42.6 Å². The molecule has 7 heteroatoms. The van der Waals surface area contributed by atoms with E-state index in [0.717, 1.165) is 18.5 Å². The summed E-state index contributed by atoms with van der Waals surface area (Å²) in [6.07, 6.45) is 3.74. The maximum atomic E-state index is 10.7. The number of nitrogens with zero attached hydrogens (tertiary/aromatic N) is 4. The number of nitro benzene ring substituents is 1. The molecule has 0 N–H and O–H groups in total. The number of rotatable bonds is 4. The topological polar surface area (TPSA) is 72.2 Å². The van der Waals surface area contributed by atoms with E-state index >= 15 is 0 Å². The second-order valence-corrected chi connectivity index (χ2v) is 4.90. The number of non-ortho nitro benzene ring substituents is 1. The number of hydrogen-bond acceptors (Lipinski definition) is 5. The molecule has 1 aromatic carbocycles. The minimum Gasteiger partial charge on any atom is -0.323 e. The van der Waals surface area contributed by atoms with Gasteiger partial charge in [-0.1, -0.05) is 0 Å². The molecule has 0 saturated heterocycles. The molecular formula is C13H11ClN4O2. The van der Waals surface area contributed by atoms with Gasteiger partial charge in [0.1, 0.15) is 5.82 Å². The zero-order valence-electron chi connectivity index (χ0n) is 10.4. The molecule has 20 heavy (non-hydrogen) atoms. The Hall–Kier alpha value is -2.21. The van der Waals surface area contributed by atoms with E-state index in [4.69, 9.17) is 11.6 Å². The minimum absolute atomic E-state index is 0.0743. The number of anilines is 2. The standard InChI is InChI=1S/C13H11ClN4O2/c14-13-15-8-7-12(16-13)17(9-1-2-9)10-3-5-11(6-4-10)18(19)20/h3-9H,1-2H2. The molecule has 0 aliphatic heterocycles. The van der Waals surface area contributed by atoms with Crippen LogP contribution in [0.2, 0.25) is 5.28 Å². The van der Waals surface area contributed by atoms with Crippen LogP contribution in [-0.4, -0.2) is 20.9 Å². The first-order chi connectivity index (χ1) is 9.65. The van der Waals surface area contributed by atoms with Crippen molar-refractivity contribution in [2.45, 2.75) is 18.9 Å². The highest BCUT2D eigenvalue weighted by Gasteiger charge is 2.31. The Morgan fingerprint density at radius 3 is 2.50 bits per heavy atom. The summed E-state index contributed by atoms with van der Waals surface area (Å²) in [4.78, 5) is 20.4. The highest BCUT2D eigenvalue weighted by Crippen LogP contribution is 2.37. The van der Waals surface area contributed by atoms with Gasteiger partial charge < -0.3 is 4.90 Å². The van der Waals surface area contributed by atoms with Gasteiger partial charge in [0.05, 0.1) is 4.92 Å². The Morgan fingerprint density at radius 1 is 1.25 bits per heavy atom. The first-order valence-corrected chi connectivity index (χ1v) is 6.55. The SMILES string of the molecule is O=[N+]([O-])c1ccc(N(c2ccnc(Cl)n2)C2CC2)cc1. The van der Waals surface area contributed by atoms with Crippen molar-refractivity contribution in [2.24, 2.45) is 0 Å². The Kier molecular flexibility index (Phi) is 3.23. The van der Waals surface area contributed by atoms with Crippen molar-refractivity contribution in [3.8, 4) is 0 Å². The monoisotopic (exact) mass is 290 g/mol. The molecule has 0 radical (unpaired) electrons. The summed E-state index contributed by atoms with van der Waals surface area (Å²) in [5.74, 6) is 0.710. The molecule has 1 aliphatic carbocycles. The quantitative estimate of drug-likeness (QED) is 0.490. The van der Waals surface area contributed by atoms with Crippen LogP contribution in [0.3, 0.4) is 0 Å². The Labute approximate surface area is 120 Å². The average molecular weight is 291 g/mol. The first-order valence-electron chi connectivity index (χ1n) is 6.17. The van der Waals surface area contributed by atoms with E-state index in [-0.39, 0.29) is 11.0 Å². The molecular weight excluding hydrogens is 280 g/mol. The molecule has 1 fully saturated rings. The summed E-state index contributed by atoms with van der Waals surface area (Å²) >= 11 is 5.83. The van der Waals surface area contributed by atoms with Crippen LogP contribution in [0.1, 0.15) is 12.8 Å². The smallest absolute Gasteiger partial charge is 0.269 e. The van der Waals surface area contributed by atoms with Crippen molar-refractivity contribution < 1.29 is 4.92 Å². The lowest BCUT2D eigenvalue weighted by Crippen LogP contribution is -2.20. The van der Waals surface area contributed by atoms with Gasteiger partial charge in [-0.3, -0.25) is 10.1 Å². The number of benzene rings is 1. The summed E-state index contributed by atoms with van der Waals surface area (Å²) in [6, 6.07) is 8.59. The van der Waals surface area contributed by atoms with E-state index in [0.29, 0.717) is 11.9 Å². The molecule has 102 valence electrons. The molecule has 1 aliphatic rings. The second kappa shape index (κ2) is 5.05. The van der Waals surface area contributed by atoms with E-state index in [1.54, 1.807) is 24.4 Å². The summed E-state index contributed by atoms with van der Waals surface area (Å²) < 4.78 is 0. The van der Waals surface area contributed by atoms with Gasteiger partial charge in [0.2, 0.25) is 5.28 Å². The Balaban J connectivity index is 1.96. The Morgan fingerprint density at radius 2 is 1.95 bits per heavy atom. The zero-order valence-corrected chi connectivity index (χ0v) is 11.2. The highest BCUT2D eigenvalue weighted by atomic mass is 35.5. The molecule has 0 unspecified atom stereocenters. The fraction of sp³-hybridized carbons (Fsp3) is 0.231. The minimum atomic E-state index is -0.410. The lowest BCUT2D eigenvalue weighted by Gasteiger charge is -2.23. The van der Waals surface area contributed by atoms with Gasteiger partial charge in [-0.15, -0.1) is 0 Å². The second-order valence-electron chi connectivity index (χ2n) is 4.56. The molecule has 0 atom stereocenters. The predicted octanol–water partition coefficient (Wildman–Crippen LogP) is 3.34. The van der Waals surface area contributed by atoms with Crippen LogP contribution in [0, 0.1) is 10.1 Å². The number of halogens is 1. The third kappa shape index (κ3) is 2.55. The van der Waals surface area contributed by atoms with Crippen molar-refractivity contribution in [1.82, 2.24) is 9.97 Å². The number of hydrogen-bond donors (Lipinski definition) is 0. The van der Waals surface area contributed by atoms with Gasteiger partial charge >= 0.3 is 0 Å². The summed E-state index contributed by atoms with van der Waals surface area (Å²) in [5.41, 5.74) is 0.943. The van der Waals surface area contributed by atoms with Crippen LogP contribution in [0.15, 0.2) is 36.5 Å². The molecule has 1 aromatic heterocycles.